The van der Waals surface area contributed by atoms with Gasteiger partial charge in [0.25, 0.3) is 5.56 Å². The van der Waals surface area contributed by atoms with Crippen LogP contribution in [0.2, 0.25) is 0 Å². The molecule has 8 nitrogen and oxygen atoms in total. The predicted molar refractivity (Wildman–Crippen MR) is 193 cm³/mol. The maximum Gasteiger partial charge on any atom is 0.250 e. The van der Waals surface area contributed by atoms with Gasteiger partial charge in [-0.1, -0.05) is 45.0 Å². The third-order valence-electron chi connectivity index (χ3n) is 11.0. The SMILES string of the molecule is Cc1cc(-c2ccc([C@@H](CCN3CCC(O)(CN(C)C)CC3)CC(=O)C3=Nc4cc5c(nc4C3)CC[C@H](C(C)(C)C)C5)cc2)c[nH]c1=O. The number of likely N-dealkylation sites (N-methyl/N-ethyl adjacent to an activating group) is 1. The summed E-state index contributed by atoms with van der Waals surface area (Å²) in [4.78, 5) is 43.1. The molecular weight excluding hydrogens is 598 g/mol. The lowest BCUT2D eigenvalue weighted by Gasteiger charge is -2.40. The Morgan fingerprint density at radius 1 is 1.10 bits per heavy atom. The minimum atomic E-state index is -0.637. The highest BCUT2D eigenvalue weighted by Gasteiger charge is 2.34. The van der Waals surface area contributed by atoms with Crippen molar-refractivity contribution in [3.05, 3.63) is 81.0 Å². The number of aliphatic imine (C=N–C) groups is 1. The summed E-state index contributed by atoms with van der Waals surface area (Å²) in [6.07, 6.45) is 8.19. The highest BCUT2D eigenvalue weighted by Crippen LogP contribution is 2.39. The summed E-state index contributed by atoms with van der Waals surface area (Å²) in [6.45, 7) is 12.0. The number of nitrogens with one attached hydrogen (secondary N) is 1. The Hall–Kier alpha value is -3.46. The fraction of sp³-hybridized carbons (Fsp3) is 0.550. The quantitative estimate of drug-likeness (QED) is 0.277. The predicted octanol–water partition coefficient (Wildman–Crippen LogP) is 6.05. The van der Waals surface area contributed by atoms with Gasteiger partial charge in [0.2, 0.25) is 0 Å². The van der Waals surface area contributed by atoms with Crippen LogP contribution >= 0.6 is 0 Å². The van der Waals surface area contributed by atoms with E-state index in [-0.39, 0.29) is 22.7 Å². The number of Topliss-reactive ketones (excluding diaryl/α,β-unsaturated/α-hetero) is 1. The molecule has 3 aliphatic rings. The molecule has 1 saturated heterocycles. The van der Waals surface area contributed by atoms with Gasteiger partial charge in [-0.3, -0.25) is 14.6 Å². The Bertz CT molecular complexity index is 1720. The minimum Gasteiger partial charge on any atom is -0.388 e. The van der Waals surface area contributed by atoms with Crippen LogP contribution in [0.1, 0.15) is 86.9 Å². The van der Waals surface area contributed by atoms with Crippen LogP contribution in [0.5, 0.6) is 0 Å². The number of hydrogen-bond acceptors (Lipinski definition) is 7. The number of benzene rings is 1. The van der Waals surface area contributed by atoms with Crippen LogP contribution in [0.25, 0.3) is 11.1 Å². The second-order valence-electron chi connectivity index (χ2n) is 16.0. The van der Waals surface area contributed by atoms with Gasteiger partial charge in [0.1, 0.15) is 0 Å². The Morgan fingerprint density at radius 2 is 1.83 bits per heavy atom. The molecule has 6 rings (SSSR count). The van der Waals surface area contributed by atoms with Crippen LogP contribution in [0, 0.1) is 18.3 Å². The van der Waals surface area contributed by atoms with Gasteiger partial charge in [0.15, 0.2) is 5.78 Å². The van der Waals surface area contributed by atoms with E-state index in [1.165, 1.54) is 11.3 Å². The second-order valence-corrected chi connectivity index (χ2v) is 16.0. The number of carbonyl (C=O) groups is 1. The molecule has 4 heterocycles. The molecular formula is C40H53N5O3. The number of rotatable bonds is 10. The molecule has 1 aromatic carbocycles. The average molecular weight is 652 g/mol. The first-order valence-electron chi connectivity index (χ1n) is 17.8. The summed E-state index contributed by atoms with van der Waals surface area (Å²) in [6, 6.07) is 12.6. The summed E-state index contributed by atoms with van der Waals surface area (Å²) in [5.74, 6) is 0.757. The number of ketones is 1. The van der Waals surface area contributed by atoms with Crippen molar-refractivity contribution >= 4 is 17.2 Å². The Morgan fingerprint density at radius 3 is 2.50 bits per heavy atom. The Labute approximate surface area is 285 Å². The molecule has 0 unspecified atom stereocenters. The lowest BCUT2D eigenvalue weighted by Crippen LogP contribution is -2.49. The number of aliphatic hydroxyl groups is 1. The molecule has 0 bridgehead atoms. The van der Waals surface area contributed by atoms with E-state index in [1.807, 2.05) is 27.1 Å². The zero-order chi connectivity index (χ0) is 34.2. The minimum absolute atomic E-state index is 0.0339. The lowest BCUT2D eigenvalue weighted by atomic mass is 9.71. The van der Waals surface area contributed by atoms with Gasteiger partial charge in [0, 0.05) is 49.9 Å². The monoisotopic (exact) mass is 651 g/mol. The zero-order valence-electron chi connectivity index (χ0n) is 29.7. The third-order valence-corrected chi connectivity index (χ3v) is 11.0. The van der Waals surface area contributed by atoms with Gasteiger partial charge < -0.3 is 19.9 Å². The van der Waals surface area contributed by atoms with E-state index in [2.05, 4.69) is 65.9 Å². The number of piperidine rings is 1. The zero-order valence-corrected chi connectivity index (χ0v) is 29.7. The fourth-order valence-corrected chi connectivity index (χ4v) is 7.88. The molecule has 48 heavy (non-hydrogen) atoms. The Balaban J connectivity index is 1.18. The summed E-state index contributed by atoms with van der Waals surface area (Å²) in [5.41, 5.74) is 8.29. The van der Waals surface area contributed by atoms with E-state index in [1.54, 1.807) is 6.20 Å². The molecule has 1 fully saturated rings. The molecule has 0 saturated carbocycles. The first-order chi connectivity index (χ1) is 22.8. The molecule has 8 heteroatoms. The molecule has 0 radical (unpaired) electrons. The van der Waals surface area contributed by atoms with Crippen molar-refractivity contribution in [3.63, 3.8) is 0 Å². The molecule has 3 aromatic rings. The van der Waals surface area contributed by atoms with Crippen LogP contribution < -0.4 is 5.56 Å². The summed E-state index contributed by atoms with van der Waals surface area (Å²) in [5, 5.41) is 11.0. The number of H-pyrrole nitrogens is 1. The molecule has 2 atom stereocenters. The third kappa shape index (κ3) is 7.88. The Kier molecular flexibility index (Phi) is 9.90. The number of likely N-dealkylation sites (tertiary alicyclic amines) is 1. The molecule has 2 aromatic heterocycles. The standard InChI is InChI=1S/C40H53N5O3/c1-26-19-31(24-41-38(26)47)28-9-7-27(8-10-28)29(13-16-45-17-14-40(48,15-18-45)25-44(5)6)22-37(46)36-23-35-34(43-36)21-30-20-32(39(2,3)4)11-12-33(30)42-35/h7-10,19,21,24,29,32,48H,11-18,20,22-23,25H2,1-6H3,(H,41,47)/t29-,32-/m0/s1. The van der Waals surface area contributed by atoms with Gasteiger partial charge in [-0.25, -0.2) is 4.99 Å². The highest BCUT2D eigenvalue weighted by molar-refractivity contribution is 6.41. The molecule has 1 aliphatic carbocycles. The van der Waals surface area contributed by atoms with E-state index in [0.717, 1.165) is 86.2 Å². The van der Waals surface area contributed by atoms with Crippen LogP contribution in [-0.2, 0) is 24.1 Å². The smallest absolute Gasteiger partial charge is 0.250 e. The molecule has 0 spiro atoms. The van der Waals surface area contributed by atoms with Gasteiger partial charge >= 0.3 is 0 Å². The van der Waals surface area contributed by atoms with Gasteiger partial charge in [-0.2, -0.15) is 0 Å². The van der Waals surface area contributed by atoms with Gasteiger partial charge in [-0.05, 0) is 118 Å². The van der Waals surface area contributed by atoms with Crippen LogP contribution in [-0.4, -0.2) is 82.2 Å². The number of nitrogens with zero attached hydrogens (tertiary/aromatic N) is 4. The number of hydrogen-bond donors (Lipinski definition) is 2. The molecule has 2 N–H and O–H groups in total. The summed E-state index contributed by atoms with van der Waals surface area (Å²) >= 11 is 0. The number of carbonyl (C=O) groups excluding carboxylic acids is 1. The van der Waals surface area contributed by atoms with Crippen molar-refractivity contribution in [3.8, 4) is 11.1 Å². The number of pyridine rings is 2. The van der Waals surface area contributed by atoms with Crippen LogP contribution in [0.3, 0.4) is 0 Å². The van der Waals surface area contributed by atoms with E-state index >= 15 is 0 Å². The molecule has 0 amide bonds. The topological polar surface area (TPSA) is 102 Å². The van der Waals surface area contributed by atoms with E-state index in [9.17, 15) is 14.7 Å². The van der Waals surface area contributed by atoms with Crippen LogP contribution in [0.4, 0.5) is 5.69 Å². The van der Waals surface area contributed by atoms with Gasteiger partial charge in [0.05, 0.1) is 22.7 Å². The highest BCUT2D eigenvalue weighted by atomic mass is 16.3. The summed E-state index contributed by atoms with van der Waals surface area (Å²) < 4.78 is 0. The number of aryl methyl sites for hydroxylation is 2. The number of fused-ring (bicyclic) bond motifs is 2. The summed E-state index contributed by atoms with van der Waals surface area (Å²) in [7, 11) is 4.02. The number of aromatic nitrogens is 2. The average Bonchev–Trinajstić information content (AvgIpc) is 3.46. The van der Waals surface area contributed by atoms with Gasteiger partial charge in [-0.15, -0.1) is 0 Å². The van der Waals surface area contributed by atoms with E-state index in [0.29, 0.717) is 36.6 Å². The van der Waals surface area contributed by atoms with E-state index in [4.69, 9.17) is 9.98 Å². The maximum absolute atomic E-state index is 14.0. The van der Waals surface area contributed by atoms with Crippen molar-refractivity contribution in [2.75, 3.05) is 40.3 Å². The fourth-order valence-electron chi connectivity index (χ4n) is 7.88. The maximum atomic E-state index is 14.0. The second kappa shape index (κ2) is 13.8. The van der Waals surface area contributed by atoms with Crippen molar-refractivity contribution in [2.45, 2.75) is 90.6 Å². The van der Waals surface area contributed by atoms with E-state index < -0.39 is 5.60 Å². The lowest BCUT2D eigenvalue weighted by molar-refractivity contribution is -0.113. The first-order valence-corrected chi connectivity index (χ1v) is 17.8. The van der Waals surface area contributed by atoms with Crippen molar-refractivity contribution in [1.82, 2.24) is 19.8 Å². The number of aromatic amines is 1. The normalized spacial score (nSPS) is 19.9. The van der Waals surface area contributed by atoms with Crippen molar-refractivity contribution < 1.29 is 9.90 Å². The first kappa shape index (κ1) is 34.4. The van der Waals surface area contributed by atoms with Crippen molar-refractivity contribution in [2.24, 2.45) is 16.3 Å². The molecule has 256 valence electrons. The largest absolute Gasteiger partial charge is 0.388 e. The van der Waals surface area contributed by atoms with Crippen LogP contribution in [0.15, 0.2) is 52.4 Å². The molecule has 2 aliphatic heterocycles. The van der Waals surface area contributed by atoms with Crippen molar-refractivity contribution in [1.29, 1.82) is 0 Å².